The van der Waals surface area contributed by atoms with E-state index in [2.05, 4.69) is 0 Å². The van der Waals surface area contributed by atoms with E-state index >= 15 is 0 Å². The molecule has 11 atom stereocenters. The average Bonchev–Trinajstić information content (AvgIpc) is 2.70. The van der Waals surface area contributed by atoms with Gasteiger partial charge in [0.05, 0.1) is 26.4 Å². The third-order valence-corrected chi connectivity index (χ3v) is 4.63. The summed E-state index contributed by atoms with van der Waals surface area (Å²) in [5.74, 6) is 0. The molecule has 28 heavy (non-hydrogen) atoms. The van der Waals surface area contributed by atoms with Crippen LogP contribution in [0.2, 0.25) is 0 Å². The Hall–Kier alpha value is -0.520. The molecule has 0 bridgehead atoms. The van der Waals surface area contributed by atoms with E-state index in [1.54, 1.807) is 0 Å². The van der Waals surface area contributed by atoms with Crippen molar-refractivity contribution in [3.63, 3.8) is 0 Å². The van der Waals surface area contributed by atoms with Crippen molar-refractivity contribution in [2.45, 2.75) is 67.5 Å². The van der Waals surface area contributed by atoms with Gasteiger partial charge in [-0.1, -0.05) is 0 Å². The highest BCUT2D eigenvalue weighted by atomic mass is 16.8. The summed E-state index contributed by atoms with van der Waals surface area (Å²) in [7, 11) is 0. The summed E-state index contributed by atoms with van der Waals surface area (Å²) in [6.45, 7) is -2.45. The van der Waals surface area contributed by atoms with Gasteiger partial charge in [0.1, 0.15) is 54.9 Å². The standard InChI is InChI=1S/C15H28O13/c16-1-5(19)4-25-15-13(11(23)9(21)7(3-18)27-15)28-14-12(24)10(22)8(20)6(2-17)26-14/h5-24H,1-4H2/t5?,6-,7-,8+,9-,10+,11+,12-,13-,14-,15+/m1/s1. The number of ether oxygens (including phenoxy) is 4. The van der Waals surface area contributed by atoms with Crippen molar-refractivity contribution in [2.24, 2.45) is 0 Å². The van der Waals surface area contributed by atoms with Gasteiger partial charge in [-0.25, -0.2) is 0 Å². The van der Waals surface area contributed by atoms with Gasteiger partial charge in [0, 0.05) is 0 Å². The molecule has 2 saturated heterocycles. The van der Waals surface area contributed by atoms with Crippen LogP contribution < -0.4 is 0 Å². The van der Waals surface area contributed by atoms with Crippen molar-refractivity contribution < 1.29 is 64.9 Å². The van der Waals surface area contributed by atoms with Crippen LogP contribution in [-0.2, 0) is 18.9 Å². The Morgan fingerprint density at radius 2 is 1.25 bits per heavy atom. The summed E-state index contributed by atoms with van der Waals surface area (Å²) >= 11 is 0. The number of hydrogen-bond donors (Lipinski definition) is 9. The summed E-state index contributed by atoms with van der Waals surface area (Å²) in [6.07, 6.45) is -16.9. The number of aliphatic hydroxyl groups excluding tert-OH is 9. The Labute approximate surface area is 159 Å². The van der Waals surface area contributed by atoms with E-state index in [4.69, 9.17) is 24.1 Å². The fourth-order valence-electron chi connectivity index (χ4n) is 2.93. The van der Waals surface area contributed by atoms with Crippen LogP contribution >= 0.6 is 0 Å². The Kier molecular flexibility index (Phi) is 8.90. The van der Waals surface area contributed by atoms with Crippen molar-refractivity contribution >= 4 is 0 Å². The molecule has 13 heteroatoms. The largest absolute Gasteiger partial charge is 0.394 e. The van der Waals surface area contributed by atoms with Gasteiger partial charge in [-0.05, 0) is 0 Å². The minimum absolute atomic E-state index is 0.448. The first-order valence-corrected chi connectivity index (χ1v) is 8.74. The lowest BCUT2D eigenvalue weighted by Crippen LogP contribution is -2.64. The molecule has 13 nitrogen and oxygen atoms in total. The lowest BCUT2D eigenvalue weighted by Gasteiger charge is -2.46. The fourth-order valence-corrected chi connectivity index (χ4v) is 2.93. The van der Waals surface area contributed by atoms with E-state index in [0.29, 0.717) is 0 Å². The molecule has 0 saturated carbocycles. The second-order valence-corrected chi connectivity index (χ2v) is 6.67. The van der Waals surface area contributed by atoms with Gasteiger partial charge < -0.3 is 64.9 Å². The van der Waals surface area contributed by atoms with E-state index in [-0.39, 0.29) is 0 Å². The second kappa shape index (κ2) is 10.5. The Bertz CT molecular complexity index is 465. The second-order valence-electron chi connectivity index (χ2n) is 6.67. The van der Waals surface area contributed by atoms with Gasteiger partial charge in [0.2, 0.25) is 0 Å². The van der Waals surface area contributed by atoms with Crippen LogP contribution in [0, 0.1) is 0 Å². The predicted octanol–water partition coefficient (Wildman–Crippen LogP) is -6.02. The van der Waals surface area contributed by atoms with Crippen LogP contribution in [0.4, 0.5) is 0 Å². The average molecular weight is 416 g/mol. The van der Waals surface area contributed by atoms with E-state index in [0.717, 1.165) is 0 Å². The monoisotopic (exact) mass is 416 g/mol. The maximum Gasteiger partial charge on any atom is 0.187 e. The molecule has 2 aliphatic rings. The van der Waals surface area contributed by atoms with Crippen LogP contribution in [0.25, 0.3) is 0 Å². The summed E-state index contributed by atoms with van der Waals surface area (Å²) in [4.78, 5) is 0. The molecule has 1 unspecified atom stereocenters. The SMILES string of the molecule is OCC(O)CO[C@H]1O[C@H](CO)[C@@H](O)[C@H](O)[C@H]1O[C@H]1O[C@H](CO)[C@H](O)[C@H](O)[C@H]1O. The van der Waals surface area contributed by atoms with Gasteiger partial charge in [-0.15, -0.1) is 0 Å². The minimum atomic E-state index is -1.78. The molecule has 0 radical (unpaired) electrons. The van der Waals surface area contributed by atoms with Gasteiger partial charge in [0.15, 0.2) is 12.6 Å². The van der Waals surface area contributed by atoms with E-state index in [9.17, 15) is 40.9 Å². The predicted molar refractivity (Wildman–Crippen MR) is 85.4 cm³/mol. The molecule has 0 spiro atoms. The third kappa shape index (κ3) is 5.14. The maximum atomic E-state index is 10.3. The van der Waals surface area contributed by atoms with Gasteiger partial charge in [0.25, 0.3) is 0 Å². The number of aliphatic hydroxyl groups is 9. The topological polar surface area (TPSA) is 219 Å². The first-order valence-electron chi connectivity index (χ1n) is 8.74. The van der Waals surface area contributed by atoms with Crippen molar-refractivity contribution in [3.8, 4) is 0 Å². The summed E-state index contributed by atoms with van der Waals surface area (Å²) in [6, 6.07) is 0. The van der Waals surface area contributed by atoms with Gasteiger partial charge in [-0.2, -0.15) is 0 Å². The van der Waals surface area contributed by atoms with Crippen LogP contribution in [-0.4, -0.2) is 140 Å². The summed E-state index contributed by atoms with van der Waals surface area (Å²) in [5.41, 5.74) is 0. The molecule has 2 heterocycles. The molecule has 0 aromatic carbocycles. The van der Waals surface area contributed by atoms with Gasteiger partial charge in [-0.3, -0.25) is 0 Å². The molecular formula is C15H28O13. The van der Waals surface area contributed by atoms with Crippen LogP contribution in [0.5, 0.6) is 0 Å². The quantitative estimate of drug-likeness (QED) is 0.180. The summed E-state index contributed by atoms with van der Waals surface area (Å²) in [5, 5.41) is 86.9. The van der Waals surface area contributed by atoms with Crippen LogP contribution in [0.1, 0.15) is 0 Å². The maximum absolute atomic E-state index is 10.3. The minimum Gasteiger partial charge on any atom is -0.394 e. The van der Waals surface area contributed by atoms with Crippen LogP contribution in [0.3, 0.4) is 0 Å². The molecule has 0 aromatic heterocycles. The molecular weight excluding hydrogens is 388 g/mol. The van der Waals surface area contributed by atoms with E-state index in [1.165, 1.54) is 0 Å². The number of rotatable bonds is 8. The molecule has 9 N–H and O–H groups in total. The van der Waals surface area contributed by atoms with Crippen molar-refractivity contribution in [1.29, 1.82) is 0 Å². The Morgan fingerprint density at radius 3 is 1.79 bits per heavy atom. The first-order chi connectivity index (χ1) is 13.2. The molecule has 0 aliphatic carbocycles. The van der Waals surface area contributed by atoms with E-state index in [1.807, 2.05) is 0 Å². The first kappa shape index (κ1) is 23.8. The highest BCUT2D eigenvalue weighted by Crippen LogP contribution is 2.29. The lowest BCUT2D eigenvalue weighted by molar-refractivity contribution is -0.368. The van der Waals surface area contributed by atoms with Crippen molar-refractivity contribution in [1.82, 2.24) is 0 Å². The molecule has 2 fully saturated rings. The molecule has 2 rings (SSSR count). The third-order valence-electron chi connectivity index (χ3n) is 4.63. The van der Waals surface area contributed by atoms with Crippen LogP contribution in [0.15, 0.2) is 0 Å². The molecule has 166 valence electrons. The molecule has 2 aliphatic heterocycles. The molecule has 0 aromatic rings. The zero-order chi connectivity index (χ0) is 21.0. The Balaban J connectivity index is 2.15. The zero-order valence-electron chi connectivity index (χ0n) is 14.8. The fraction of sp³-hybridized carbons (Fsp3) is 1.00. The Morgan fingerprint density at radius 1 is 0.714 bits per heavy atom. The highest BCUT2D eigenvalue weighted by molar-refractivity contribution is 4.93. The molecule has 0 amide bonds. The summed E-state index contributed by atoms with van der Waals surface area (Å²) < 4.78 is 21.1. The normalized spacial score (nSPS) is 45.8. The van der Waals surface area contributed by atoms with Crippen molar-refractivity contribution in [3.05, 3.63) is 0 Å². The smallest absolute Gasteiger partial charge is 0.187 e. The van der Waals surface area contributed by atoms with E-state index < -0.39 is 93.9 Å². The lowest BCUT2D eigenvalue weighted by atomic mass is 9.97. The van der Waals surface area contributed by atoms with Crippen molar-refractivity contribution in [2.75, 3.05) is 26.4 Å². The number of hydrogen-bond acceptors (Lipinski definition) is 13. The van der Waals surface area contributed by atoms with Gasteiger partial charge >= 0.3 is 0 Å². The highest BCUT2D eigenvalue weighted by Gasteiger charge is 2.50. The zero-order valence-corrected chi connectivity index (χ0v) is 14.8.